The molecule has 0 aliphatic heterocycles. The van der Waals surface area contributed by atoms with E-state index in [1.54, 1.807) is 6.92 Å². The average Bonchev–Trinajstić information content (AvgIpc) is 2.89. The molecular weight excluding hydrogens is 376 g/mol. The highest BCUT2D eigenvalue weighted by atomic mass is 79.9. The van der Waals surface area contributed by atoms with Crippen molar-refractivity contribution >= 4 is 33.3 Å². The highest BCUT2D eigenvalue weighted by molar-refractivity contribution is 9.10. The van der Waals surface area contributed by atoms with E-state index in [2.05, 4.69) is 26.1 Å². The summed E-state index contributed by atoms with van der Waals surface area (Å²) >= 11 is 3.05. The van der Waals surface area contributed by atoms with Gasteiger partial charge in [-0.2, -0.15) is 14.5 Å². The van der Waals surface area contributed by atoms with Crippen molar-refractivity contribution in [1.29, 1.82) is 0 Å². The minimum atomic E-state index is -0.674. The van der Waals surface area contributed by atoms with E-state index in [1.807, 2.05) is 0 Å². The number of hydrogen-bond donors (Lipinski definition) is 0. The standard InChI is InChI=1S/C11H11BrN6O5/c1-5-10(17(20)21)7(3)16(13-5)8(19)4-15-6(2)9(12)11(14-15)18(22)23/h4H2,1-3H3. The van der Waals surface area contributed by atoms with E-state index in [0.717, 1.165) is 9.36 Å². The van der Waals surface area contributed by atoms with E-state index < -0.39 is 21.6 Å². The third kappa shape index (κ3) is 2.84. The van der Waals surface area contributed by atoms with Crippen molar-refractivity contribution in [3.8, 4) is 0 Å². The van der Waals surface area contributed by atoms with Gasteiger partial charge >= 0.3 is 11.5 Å². The molecule has 0 spiro atoms. The third-order valence-corrected chi connectivity index (χ3v) is 4.17. The van der Waals surface area contributed by atoms with Crippen LogP contribution in [0.2, 0.25) is 0 Å². The number of nitro groups is 2. The van der Waals surface area contributed by atoms with E-state index in [1.165, 1.54) is 13.8 Å². The first-order valence-corrected chi connectivity index (χ1v) is 7.05. The molecule has 2 heterocycles. The molecule has 0 aliphatic carbocycles. The minimum Gasteiger partial charge on any atom is -0.358 e. The first kappa shape index (κ1) is 16.7. The quantitative estimate of drug-likeness (QED) is 0.577. The molecule has 0 bridgehead atoms. The van der Waals surface area contributed by atoms with Gasteiger partial charge in [-0.25, -0.2) is 0 Å². The zero-order valence-corrected chi connectivity index (χ0v) is 13.9. The lowest BCUT2D eigenvalue weighted by Crippen LogP contribution is -2.21. The van der Waals surface area contributed by atoms with E-state index in [-0.39, 0.29) is 28.1 Å². The Kier molecular flexibility index (Phi) is 4.27. The number of carbonyl (C=O) groups is 1. The van der Waals surface area contributed by atoms with Crippen LogP contribution in [-0.4, -0.2) is 35.3 Å². The van der Waals surface area contributed by atoms with Crippen molar-refractivity contribution < 1.29 is 14.6 Å². The first-order chi connectivity index (χ1) is 10.6. The van der Waals surface area contributed by atoms with Gasteiger partial charge in [0.1, 0.15) is 22.4 Å². The highest BCUT2D eigenvalue weighted by Crippen LogP contribution is 2.27. The van der Waals surface area contributed by atoms with Gasteiger partial charge < -0.3 is 10.1 Å². The number of aryl methyl sites for hydroxylation is 1. The maximum absolute atomic E-state index is 12.3. The molecule has 0 saturated carbocycles. The summed E-state index contributed by atoms with van der Waals surface area (Å²) in [5.74, 6) is -0.999. The number of hydrogen-bond acceptors (Lipinski definition) is 7. The predicted octanol–water partition coefficient (Wildman–Crippen LogP) is 1.92. The van der Waals surface area contributed by atoms with Crippen molar-refractivity contribution in [3.63, 3.8) is 0 Å². The zero-order valence-electron chi connectivity index (χ0n) is 12.3. The lowest BCUT2D eigenvalue weighted by molar-refractivity contribution is -0.390. The van der Waals surface area contributed by atoms with Crippen molar-refractivity contribution in [2.45, 2.75) is 27.3 Å². The summed E-state index contributed by atoms with van der Waals surface area (Å²) in [6.07, 6.45) is 0. The van der Waals surface area contributed by atoms with Crippen LogP contribution in [0.3, 0.4) is 0 Å². The fourth-order valence-corrected chi connectivity index (χ4v) is 2.54. The first-order valence-electron chi connectivity index (χ1n) is 6.26. The van der Waals surface area contributed by atoms with Gasteiger partial charge in [0.15, 0.2) is 0 Å². The molecule has 23 heavy (non-hydrogen) atoms. The second kappa shape index (κ2) is 5.87. The van der Waals surface area contributed by atoms with Crippen LogP contribution in [0, 0.1) is 41.0 Å². The van der Waals surface area contributed by atoms with Crippen LogP contribution in [-0.2, 0) is 6.54 Å². The summed E-state index contributed by atoms with van der Waals surface area (Å²) < 4.78 is 2.23. The molecule has 0 saturated heterocycles. The Hall–Kier alpha value is -2.63. The van der Waals surface area contributed by atoms with Crippen molar-refractivity contribution in [2.24, 2.45) is 0 Å². The lowest BCUT2D eigenvalue weighted by Gasteiger charge is -2.02. The largest absolute Gasteiger partial charge is 0.404 e. The fraction of sp³-hybridized carbons (Fsp3) is 0.364. The van der Waals surface area contributed by atoms with Crippen LogP contribution in [0.5, 0.6) is 0 Å². The van der Waals surface area contributed by atoms with Gasteiger partial charge in [0.25, 0.3) is 5.91 Å². The van der Waals surface area contributed by atoms with Gasteiger partial charge in [-0.1, -0.05) is 0 Å². The summed E-state index contributed by atoms with van der Waals surface area (Å²) in [5.41, 5.74) is 0.366. The van der Waals surface area contributed by atoms with E-state index >= 15 is 0 Å². The van der Waals surface area contributed by atoms with Crippen LogP contribution in [0.25, 0.3) is 0 Å². The Bertz CT molecular complexity index is 839. The molecule has 11 nitrogen and oxygen atoms in total. The van der Waals surface area contributed by atoms with Crippen molar-refractivity contribution in [2.75, 3.05) is 0 Å². The van der Waals surface area contributed by atoms with Crippen LogP contribution in [0.15, 0.2) is 4.47 Å². The Morgan fingerprint density at radius 3 is 2.17 bits per heavy atom. The summed E-state index contributed by atoms with van der Waals surface area (Å²) in [6.45, 7) is 4.05. The maximum atomic E-state index is 12.3. The molecule has 2 rings (SSSR count). The Balaban J connectivity index is 2.38. The Morgan fingerprint density at radius 2 is 1.74 bits per heavy atom. The lowest BCUT2D eigenvalue weighted by atomic mass is 10.3. The minimum absolute atomic E-state index is 0.0934. The maximum Gasteiger partial charge on any atom is 0.404 e. The molecule has 0 radical (unpaired) electrons. The summed E-state index contributed by atoms with van der Waals surface area (Å²) in [6, 6.07) is 0. The van der Waals surface area contributed by atoms with Crippen LogP contribution >= 0.6 is 15.9 Å². The smallest absolute Gasteiger partial charge is 0.358 e. The van der Waals surface area contributed by atoms with Gasteiger partial charge in [-0.3, -0.25) is 14.9 Å². The fourth-order valence-electron chi connectivity index (χ4n) is 2.12. The van der Waals surface area contributed by atoms with Gasteiger partial charge in [0.05, 0.1) is 15.7 Å². The second-order valence-electron chi connectivity index (χ2n) is 4.72. The number of halogens is 1. The predicted molar refractivity (Wildman–Crippen MR) is 80.3 cm³/mol. The molecule has 0 aliphatic rings. The molecule has 0 amide bonds. The van der Waals surface area contributed by atoms with Crippen molar-refractivity contribution in [3.05, 3.63) is 41.8 Å². The molecule has 122 valence electrons. The van der Waals surface area contributed by atoms with Crippen LogP contribution in [0.1, 0.15) is 21.9 Å². The molecular formula is C11H11BrN6O5. The summed E-state index contributed by atoms with van der Waals surface area (Å²) in [5, 5.41) is 29.4. The van der Waals surface area contributed by atoms with Crippen molar-refractivity contribution in [1.82, 2.24) is 19.6 Å². The molecule has 0 atom stereocenters. The SMILES string of the molecule is Cc1nn(C(=O)Cn2nc([N+](=O)[O-])c(Br)c2C)c(C)c1[N+](=O)[O-]. The average molecular weight is 387 g/mol. The number of carbonyl (C=O) groups excluding carboxylic acids is 1. The summed E-state index contributed by atoms with van der Waals surface area (Å²) in [7, 11) is 0. The van der Waals surface area contributed by atoms with Gasteiger partial charge in [0.2, 0.25) is 0 Å². The summed E-state index contributed by atoms with van der Waals surface area (Å²) in [4.78, 5) is 32.8. The number of aromatic nitrogens is 4. The van der Waals surface area contributed by atoms with Crippen LogP contribution in [0.4, 0.5) is 11.5 Å². The molecule has 0 fully saturated rings. The molecule has 0 aromatic carbocycles. The zero-order chi connectivity index (χ0) is 17.5. The monoisotopic (exact) mass is 386 g/mol. The Morgan fingerprint density at radius 1 is 1.13 bits per heavy atom. The van der Waals surface area contributed by atoms with E-state index in [9.17, 15) is 25.0 Å². The Labute approximate surface area is 137 Å². The number of nitrogens with zero attached hydrogens (tertiary/aromatic N) is 6. The second-order valence-corrected chi connectivity index (χ2v) is 5.51. The normalized spacial score (nSPS) is 10.8. The topological polar surface area (TPSA) is 139 Å². The van der Waals surface area contributed by atoms with E-state index in [0.29, 0.717) is 5.69 Å². The molecule has 2 aromatic rings. The highest BCUT2D eigenvalue weighted by Gasteiger charge is 2.28. The van der Waals surface area contributed by atoms with Gasteiger partial charge in [-0.15, -0.1) is 0 Å². The molecule has 12 heteroatoms. The number of rotatable bonds is 4. The van der Waals surface area contributed by atoms with Gasteiger partial charge in [-0.05, 0) is 41.6 Å². The van der Waals surface area contributed by atoms with E-state index in [4.69, 9.17) is 0 Å². The molecule has 0 N–H and O–H groups in total. The molecule has 0 unspecified atom stereocenters. The van der Waals surface area contributed by atoms with Gasteiger partial charge in [0, 0.05) is 0 Å². The molecule has 2 aromatic heterocycles. The third-order valence-electron chi connectivity index (χ3n) is 3.25. The van der Waals surface area contributed by atoms with Crippen LogP contribution < -0.4 is 0 Å².